The molecule has 0 amide bonds. The highest BCUT2D eigenvalue weighted by molar-refractivity contribution is 7.98. The highest BCUT2D eigenvalue weighted by atomic mass is 32.2. The first-order valence-electron chi connectivity index (χ1n) is 10.0. The standard InChI is InChI=1S/C23H20F2N2O4S/c1-13-21(29)22(30)23(14-5-3-2-4-6-14)32-27(13)12-16-10-18(24)15(9-19(16)25)7-8-17-11-20(28)26-31-17/h2-6,9-11,13,23H,7-8,12H2,1H3,(H,26,28)/t13-,23+/m0/s1. The van der Waals surface area contributed by atoms with E-state index in [0.717, 1.165) is 24.1 Å². The number of aryl methyl sites for hydroxylation is 2. The van der Waals surface area contributed by atoms with E-state index in [1.165, 1.54) is 6.07 Å². The van der Waals surface area contributed by atoms with Gasteiger partial charge in [0.1, 0.15) is 22.6 Å². The van der Waals surface area contributed by atoms with Crippen molar-refractivity contribution in [1.29, 1.82) is 0 Å². The molecule has 2 atom stereocenters. The smallest absolute Gasteiger partial charge is 0.280 e. The third-order valence-corrected chi connectivity index (χ3v) is 6.81. The lowest BCUT2D eigenvalue weighted by molar-refractivity contribution is -0.139. The Kier molecular flexibility index (Phi) is 6.38. The fraction of sp³-hybridized carbons (Fsp3) is 0.261. The van der Waals surface area contributed by atoms with E-state index < -0.39 is 40.1 Å². The minimum atomic E-state index is -0.758. The Labute approximate surface area is 186 Å². The summed E-state index contributed by atoms with van der Waals surface area (Å²) in [6, 6.07) is 11.6. The molecule has 0 spiro atoms. The van der Waals surface area contributed by atoms with Crippen LogP contribution < -0.4 is 5.56 Å². The molecule has 2 aromatic carbocycles. The van der Waals surface area contributed by atoms with E-state index in [9.17, 15) is 23.2 Å². The van der Waals surface area contributed by atoms with Gasteiger partial charge in [0, 0.05) is 24.6 Å². The van der Waals surface area contributed by atoms with Gasteiger partial charge in [0.05, 0.1) is 6.04 Å². The Balaban J connectivity index is 1.52. The fourth-order valence-corrected chi connectivity index (χ4v) is 4.82. The van der Waals surface area contributed by atoms with Crippen LogP contribution in [-0.2, 0) is 29.0 Å². The van der Waals surface area contributed by atoms with Crippen LogP contribution in [0.4, 0.5) is 8.78 Å². The minimum Gasteiger partial charge on any atom is -0.384 e. The van der Waals surface area contributed by atoms with Gasteiger partial charge in [0.15, 0.2) is 0 Å². The topological polar surface area (TPSA) is 83.4 Å². The first-order valence-corrected chi connectivity index (χ1v) is 10.9. The minimum absolute atomic E-state index is 0.0378. The highest BCUT2D eigenvalue weighted by Crippen LogP contribution is 2.40. The molecule has 0 unspecified atom stereocenters. The number of Topliss-reactive ketones (excluding diaryl/α,β-unsaturated/α-hetero) is 2. The van der Waals surface area contributed by atoms with Crippen LogP contribution in [0, 0.1) is 11.6 Å². The molecule has 4 rings (SSSR count). The van der Waals surface area contributed by atoms with Gasteiger partial charge in [0.25, 0.3) is 5.56 Å². The van der Waals surface area contributed by atoms with Gasteiger partial charge in [-0.05, 0) is 36.6 Å². The number of nitrogens with one attached hydrogen (secondary N) is 1. The number of hydrogen-bond donors (Lipinski definition) is 1. The highest BCUT2D eigenvalue weighted by Gasteiger charge is 2.41. The lowest BCUT2D eigenvalue weighted by Gasteiger charge is -2.35. The van der Waals surface area contributed by atoms with E-state index in [1.807, 2.05) is 6.07 Å². The molecule has 3 aromatic rings. The summed E-state index contributed by atoms with van der Waals surface area (Å²) in [6.45, 7) is 1.55. The fourth-order valence-electron chi connectivity index (χ4n) is 3.57. The van der Waals surface area contributed by atoms with Crippen LogP contribution in [0.3, 0.4) is 0 Å². The molecule has 1 aliphatic rings. The van der Waals surface area contributed by atoms with E-state index in [1.54, 1.807) is 35.5 Å². The number of rotatable bonds is 6. The number of benzene rings is 2. The number of carbonyl (C=O) groups is 2. The van der Waals surface area contributed by atoms with Crippen molar-refractivity contribution in [3.8, 4) is 0 Å². The van der Waals surface area contributed by atoms with Crippen molar-refractivity contribution in [3.63, 3.8) is 0 Å². The molecule has 0 aliphatic carbocycles. The molecule has 0 saturated carbocycles. The SMILES string of the molecule is C[C@H]1C(=O)C(=O)[C@@H](c2ccccc2)SN1Cc1cc(F)c(CCc2cc(=O)[nH]o2)cc1F. The first kappa shape index (κ1) is 22.2. The zero-order chi connectivity index (χ0) is 22.8. The first-order chi connectivity index (χ1) is 15.3. The van der Waals surface area contributed by atoms with E-state index in [4.69, 9.17) is 4.52 Å². The molecule has 0 radical (unpaired) electrons. The summed E-state index contributed by atoms with van der Waals surface area (Å²) in [6.07, 6.45) is 0.393. The molecule has 2 heterocycles. The third-order valence-electron chi connectivity index (χ3n) is 5.39. The van der Waals surface area contributed by atoms with E-state index >= 15 is 0 Å². The summed E-state index contributed by atoms with van der Waals surface area (Å²) in [4.78, 5) is 36.2. The molecule has 1 saturated heterocycles. The van der Waals surface area contributed by atoms with Crippen LogP contribution in [0.2, 0.25) is 0 Å². The van der Waals surface area contributed by atoms with Gasteiger partial charge in [-0.1, -0.05) is 42.3 Å². The third kappa shape index (κ3) is 4.58. The van der Waals surface area contributed by atoms with Crippen molar-refractivity contribution >= 4 is 23.5 Å². The van der Waals surface area contributed by atoms with Crippen LogP contribution in [0.1, 0.15) is 34.6 Å². The van der Waals surface area contributed by atoms with Gasteiger partial charge in [-0.2, -0.15) is 5.16 Å². The van der Waals surface area contributed by atoms with Gasteiger partial charge >= 0.3 is 0 Å². The lowest BCUT2D eigenvalue weighted by Crippen LogP contribution is -2.45. The molecule has 9 heteroatoms. The summed E-state index contributed by atoms with van der Waals surface area (Å²) in [5.41, 5.74) is 0.541. The normalized spacial score (nSPS) is 19.5. The van der Waals surface area contributed by atoms with Crippen LogP contribution in [-0.4, -0.2) is 27.1 Å². The van der Waals surface area contributed by atoms with Crippen molar-refractivity contribution in [1.82, 2.24) is 9.46 Å². The Hall–Kier alpha value is -3.04. The molecule has 1 aromatic heterocycles. The zero-order valence-electron chi connectivity index (χ0n) is 17.1. The number of aromatic amines is 1. The van der Waals surface area contributed by atoms with Crippen molar-refractivity contribution in [2.45, 2.75) is 37.6 Å². The zero-order valence-corrected chi connectivity index (χ0v) is 18.0. The van der Waals surface area contributed by atoms with Crippen molar-refractivity contribution < 1.29 is 22.9 Å². The Morgan fingerprint density at radius 1 is 0.969 bits per heavy atom. The maximum absolute atomic E-state index is 14.8. The molecule has 1 fully saturated rings. The second-order valence-electron chi connectivity index (χ2n) is 7.59. The van der Waals surface area contributed by atoms with Gasteiger partial charge in [-0.3, -0.25) is 14.4 Å². The second-order valence-corrected chi connectivity index (χ2v) is 8.74. The average Bonchev–Trinajstić information content (AvgIpc) is 3.21. The number of nitrogens with zero attached hydrogens (tertiary/aromatic N) is 1. The van der Waals surface area contributed by atoms with E-state index in [2.05, 4.69) is 5.16 Å². The van der Waals surface area contributed by atoms with Gasteiger partial charge < -0.3 is 4.52 Å². The van der Waals surface area contributed by atoms with E-state index in [0.29, 0.717) is 11.3 Å². The van der Waals surface area contributed by atoms with Crippen molar-refractivity contribution in [2.75, 3.05) is 0 Å². The van der Waals surface area contributed by atoms with Crippen LogP contribution >= 0.6 is 11.9 Å². The number of halogens is 2. The summed E-state index contributed by atoms with van der Waals surface area (Å²) >= 11 is 1.16. The van der Waals surface area contributed by atoms with Crippen LogP contribution in [0.5, 0.6) is 0 Å². The van der Waals surface area contributed by atoms with Crippen LogP contribution in [0.25, 0.3) is 0 Å². The molecule has 0 bridgehead atoms. The monoisotopic (exact) mass is 458 g/mol. The maximum atomic E-state index is 14.8. The number of H-pyrrole nitrogens is 1. The quantitative estimate of drug-likeness (QED) is 0.447. The molecular weight excluding hydrogens is 438 g/mol. The Morgan fingerprint density at radius 2 is 1.66 bits per heavy atom. The molecule has 32 heavy (non-hydrogen) atoms. The van der Waals surface area contributed by atoms with Gasteiger partial charge in [-0.15, -0.1) is 0 Å². The molecule has 166 valence electrons. The summed E-state index contributed by atoms with van der Waals surface area (Å²) < 4.78 is 36.0. The number of hydrogen-bond acceptors (Lipinski definition) is 6. The number of carbonyl (C=O) groups excluding carboxylic acids is 2. The van der Waals surface area contributed by atoms with Crippen molar-refractivity contribution in [3.05, 3.63) is 93.0 Å². The molecule has 1 aliphatic heterocycles. The van der Waals surface area contributed by atoms with Crippen molar-refractivity contribution in [2.24, 2.45) is 0 Å². The number of ketones is 2. The Bertz CT molecular complexity index is 1210. The van der Waals surface area contributed by atoms with Crippen LogP contribution in [0.15, 0.2) is 57.8 Å². The maximum Gasteiger partial charge on any atom is 0.280 e. The molecular formula is C23H20F2N2O4S. The second kappa shape index (κ2) is 9.22. The molecule has 1 N–H and O–H groups in total. The van der Waals surface area contributed by atoms with Gasteiger partial charge in [0.2, 0.25) is 11.6 Å². The Morgan fingerprint density at radius 3 is 2.34 bits per heavy atom. The number of aromatic nitrogens is 1. The summed E-state index contributed by atoms with van der Waals surface area (Å²) in [5.74, 6) is -1.89. The average molecular weight is 458 g/mol. The predicted octanol–water partition coefficient (Wildman–Crippen LogP) is 3.76. The summed E-state index contributed by atoms with van der Waals surface area (Å²) in [7, 11) is 0. The summed E-state index contributed by atoms with van der Waals surface area (Å²) in [5, 5.41) is 1.43. The van der Waals surface area contributed by atoms with Gasteiger partial charge in [-0.25, -0.2) is 13.1 Å². The largest absolute Gasteiger partial charge is 0.384 e. The lowest BCUT2D eigenvalue weighted by atomic mass is 10.0. The molecule has 6 nitrogen and oxygen atoms in total. The van der Waals surface area contributed by atoms with E-state index in [-0.39, 0.29) is 30.5 Å². The predicted molar refractivity (Wildman–Crippen MR) is 115 cm³/mol.